The van der Waals surface area contributed by atoms with Crippen molar-refractivity contribution < 1.29 is 25.3 Å². The Labute approximate surface area is 295 Å². The van der Waals surface area contributed by atoms with E-state index in [0.29, 0.717) is 33.2 Å². The number of hydrogen-bond donors (Lipinski definition) is 0. The van der Waals surface area contributed by atoms with Gasteiger partial charge in [0.1, 0.15) is 16.7 Å². The lowest BCUT2D eigenvalue weighted by molar-refractivity contribution is 0.619. The highest BCUT2D eigenvalue weighted by molar-refractivity contribution is 6.30. The second kappa shape index (κ2) is 9.03. The molecule has 4 nitrogen and oxygen atoms in total. The standard InChI is InChI=1S/C45H24N2O2/c1-2-11-27-25(9-1)19-21-32-33-23-34(45-46-35-16-5-6-18-39(35)49-45)38(24-40(33)48-44(27)32)47-36-17-8-15-31-29-13-4-3-12-28(29)30-14-7-10-26-20-22-37(47)43(41(26)30)42(31)36/h1-24H/i3D,4D,7D,8D,10D,12D,13D,14D,15D,17D,20D,22D. The fourth-order valence-corrected chi connectivity index (χ4v) is 7.57. The van der Waals surface area contributed by atoms with Crippen LogP contribution in [0.2, 0.25) is 0 Å². The van der Waals surface area contributed by atoms with Crippen LogP contribution in [0.3, 0.4) is 0 Å². The van der Waals surface area contributed by atoms with Crippen LogP contribution in [-0.2, 0) is 0 Å². The summed E-state index contributed by atoms with van der Waals surface area (Å²) in [6.45, 7) is 0. The van der Waals surface area contributed by atoms with Crippen LogP contribution in [0.25, 0.3) is 116 Å². The molecule has 0 atom stereocenters. The van der Waals surface area contributed by atoms with Gasteiger partial charge in [-0.15, -0.1) is 0 Å². The van der Waals surface area contributed by atoms with Crippen LogP contribution in [0.5, 0.6) is 0 Å². The van der Waals surface area contributed by atoms with Gasteiger partial charge in [0.2, 0.25) is 5.89 Å². The van der Waals surface area contributed by atoms with E-state index < -0.39 is 72.5 Å². The number of furan rings is 1. The van der Waals surface area contributed by atoms with Gasteiger partial charge in [-0.1, -0.05) is 103 Å². The van der Waals surface area contributed by atoms with E-state index in [1.54, 1.807) is 18.2 Å². The molecule has 0 bridgehead atoms. The molecule has 0 aliphatic heterocycles. The molecular weight excluding hydrogens is 601 g/mol. The van der Waals surface area contributed by atoms with Crippen molar-refractivity contribution in [2.75, 3.05) is 0 Å². The van der Waals surface area contributed by atoms with Gasteiger partial charge in [-0.25, -0.2) is 4.98 Å². The summed E-state index contributed by atoms with van der Waals surface area (Å²) in [4.78, 5) is 4.86. The van der Waals surface area contributed by atoms with E-state index in [0.717, 1.165) is 16.2 Å². The number of benzene rings is 8. The summed E-state index contributed by atoms with van der Waals surface area (Å²) in [6, 6.07) is 15.8. The Bertz CT molecular complexity index is 3890. The van der Waals surface area contributed by atoms with E-state index in [1.165, 1.54) is 4.57 Å². The second-order valence-electron chi connectivity index (χ2n) is 12.2. The van der Waals surface area contributed by atoms with Crippen molar-refractivity contribution in [1.29, 1.82) is 0 Å². The minimum absolute atomic E-state index is 0.00740. The zero-order chi connectivity index (χ0) is 42.2. The van der Waals surface area contributed by atoms with Crippen LogP contribution in [0.15, 0.2) is 154 Å². The molecule has 12 rings (SSSR count). The van der Waals surface area contributed by atoms with Crippen LogP contribution in [-0.4, -0.2) is 9.55 Å². The van der Waals surface area contributed by atoms with E-state index in [-0.39, 0.29) is 66.4 Å². The first-order valence-electron chi connectivity index (χ1n) is 21.7. The van der Waals surface area contributed by atoms with Gasteiger partial charge in [-0.05, 0) is 74.8 Å². The van der Waals surface area contributed by atoms with Crippen molar-refractivity contribution in [3.63, 3.8) is 0 Å². The van der Waals surface area contributed by atoms with E-state index >= 15 is 0 Å². The molecule has 3 heterocycles. The SMILES string of the molecule is [2H]c1c([2H])c([2H])c2c(c1[2H])-c1c([2H])c([2H])c([2H])c3c([2H])c([2H])c4c(c13)c1c-2c([2H])c([2H])c([2H])c1n4-c1cc2oc3c4ccccc4ccc3c2cc1-c1nc2ccccc2o1. The zero-order valence-electron chi connectivity index (χ0n) is 37.1. The maximum atomic E-state index is 9.72. The Hall–Kier alpha value is -6.65. The Kier molecular flexibility index (Phi) is 3.12. The van der Waals surface area contributed by atoms with Crippen LogP contribution < -0.4 is 0 Å². The third kappa shape index (κ3) is 3.25. The molecule has 0 saturated carbocycles. The number of rotatable bonds is 2. The first-order chi connectivity index (χ1) is 29.3. The molecule has 1 aliphatic rings. The summed E-state index contributed by atoms with van der Waals surface area (Å²) in [5, 5.41) is 3.23. The lowest BCUT2D eigenvalue weighted by Crippen LogP contribution is -1.98. The second-order valence-corrected chi connectivity index (χ2v) is 12.2. The number of oxazole rings is 1. The molecule has 49 heavy (non-hydrogen) atoms. The quantitative estimate of drug-likeness (QED) is 0.190. The van der Waals surface area contributed by atoms with Crippen molar-refractivity contribution in [1.82, 2.24) is 9.55 Å². The van der Waals surface area contributed by atoms with E-state index in [2.05, 4.69) is 0 Å². The number of hydrogen-bond acceptors (Lipinski definition) is 3. The number of fused-ring (bicyclic) bond motifs is 9. The third-order valence-electron chi connectivity index (χ3n) is 9.65. The lowest BCUT2D eigenvalue weighted by atomic mass is 9.93. The normalized spacial score (nSPS) is 15.9. The minimum Gasteiger partial charge on any atom is -0.455 e. The van der Waals surface area contributed by atoms with Gasteiger partial charge in [-0.3, -0.25) is 0 Å². The molecule has 1 aliphatic carbocycles. The van der Waals surface area contributed by atoms with Gasteiger partial charge < -0.3 is 13.4 Å². The molecule has 0 radical (unpaired) electrons. The van der Waals surface area contributed by atoms with Crippen LogP contribution in [0, 0.1) is 0 Å². The predicted molar refractivity (Wildman–Crippen MR) is 201 cm³/mol. The van der Waals surface area contributed by atoms with Crippen LogP contribution in [0.4, 0.5) is 0 Å². The molecule has 0 spiro atoms. The van der Waals surface area contributed by atoms with Gasteiger partial charge >= 0.3 is 0 Å². The van der Waals surface area contributed by atoms with E-state index in [4.69, 9.17) is 19.3 Å². The molecule has 8 aromatic carbocycles. The maximum Gasteiger partial charge on any atom is 0.229 e. The van der Waals surface area contributed by atoms with Crippen LogP contribution >= 0.6 is 0 Å². The fourth-order valence-electron chi connectivity index (χ4n) is 7.57. The smallest absolute Gasteiger partial charge is 0.229 e. The molecule has 4 heteroatoms. The van der Waals surface area contributed by atoms with Crippen molar-refractivity contribution in [3.05, 3.63) is 145 Å². The molecule has 0 saturated heterocycles. The summed E-state index contributed by atoms with van der Waals surface area (Å²) in [5.41, 5.74) is 1.81. The Balaban J connectivity index is 1.38. The monoisotopic (exact) mass is 636 g/mol. The van der Waals surface area contributed by atoms with Crippen molar-refractivity contribution >= 4 is 76.4 Å². The van der Waals surface area contributed by atoms with Gasteiger partial charge in [0.15, 0.2) is 5.58 Å². The van der Waals surface area contributed by atoms with E-state index in [1.807, 2.05) is 54.6 Å². The topological polar surface area (TPSA) is 44.1 Å². The van der Waals surface area contributed by atoms with Gasteiger partial charge in [0.05, 0.1) is 38.7 Å². The average Bonchev–Trinajstić information content (AvgIpc) is 3.94. The summed E-state index contributed by atoms with van der Waals surface area (Å²) in [6.07, 6.45) is 0. The minimum atomic E-state index is -0.645. The Morgan fingerprint density at radius 1 is 0.510 bits per heavy atom. The Morgan fingerprint density at radius 2 is 1.29 bits per heavy atom. The molecule has 0 fully saturated rings. The zero-order valence-corrected chi connectivity index (χ0v) is 25.1. The third-order valence-corrected chi connectivity index (χ3v) is 9.65. The largest absolute Gasteiger partial charge is 0.455 e. The summed E-state index contributed by atoms with van der Waals surface area (Å²) in [7, 11) is 0. The summed E-state index contributed by atoms with van der Waals surface area (Å²) in [5.74, 6) is 0.157. The highest BCUT2D eigenvalue weighted by Gasteiger charge is 2.27. The van der Waals surface area contributed by atoms with Crippen LogP contribution in [0.1, 0.15) is 16.4 Å². The van der Waals surface area contributed by atoms with Gasteiger partial charge in [-0.2, -0.15) is 0 Å². The molecule has 0 unspecified atom stereocenters. The molecule has 226 valence electrons. The van der Waals surface area contributed by atoms with Crippen molar-refractivity contribution in [2.24, 2.45) is 0 Å². The highest BCUT2D eigenvalue weighted by Crippen LogP contribution is 2.50. The van der Waals surface area contributed by atoms with Crippen molar-refractivity contribution in [2.45, 2.75) is 0 Å². The van der Waals surface area contributed by atoms with Gasteiger partial charge in [0, 0.05) is 33.0 Å². The summed E-state index contributed by atoms with van der Waals surface area (Å²) >= 11 is 0. The summed E-state index contributed by atoms with van der Waals surface area (Å²) < 4.78 is 125. The number of para-hydroxylation sites is 2. The van der Waals surface area contributed by atoms with Gasteiger partial charge in [0.25, 0.3) is 0 Å². The molecular formula is C45H24N2O2. The Morgan fingerprint density at radius 3 is 2.18 bits per heavy atom. The van der Waals surface area contributed by atoms with Crippen molar-refractivity contribution in [3.8, 4) is 39.4 Å². The number of nitrogens with zero attached hydrogens (tertiary/aromatic N) is 2. The maximum absolute atomic E-state index is 9.72. The predicted octanol–water partition coefficient (Wildman–Crippen LogP) is 12.4. The molecule has 11 aromatic rings. The number of aromatic nitrogens is 2. The molecule has 0 amide bonds. The molecule has 0 N–H and O–H groups in total. The first-order valence-corrected chi connectivity index (χ1v) is 15.7. The average molecular weight is 637 g/mol. The molecule has 3 aromatic heterocycles. The van der Waals surface area contributed by atoms with E-state index in [9.17, 15) is 11.0 Å². The first kappa shape index (κ1) is 17.0. The fraction of sp³-hybridized carbons (Fsp3) is 0. The highest BCUT2D eigenvalue weighted by atomic mass is 16.3. The lowest BCUT2D eigenvalue weighted by Gasteiger charge is -2.15.